The van der Waals surface area contributed by atoms with Gasteiger partial charge in [-0.1, -0.05) is 0 Å². The second kappa shape index (κ2) is 4.39. The smallest absolute Gasteiger partial charge is 0.444 e. The highest BCUT2D eigenvalue weighted by molar-refractivity contribution is 6.61. The highest BCUT2D eigenvalue weighted by Crippen LogP contribution is 2.36. The summed E-state index contributed by atoms with van der Waals surface area (Å²) in [5, 5.41) is 0. The third kappa shape index (κ3) is 2.12. The quantitative estimate of drug-likeness (QED) is 0.771. The molecular weight excluding hydrogens is 257 g/mol. The average molecular weight is 273 g/mol. The molecule has 0 spiro atoms. The largest absolute Gasteiger partial charge is 0.517 e. The third-order valence-corrected chi connectivity index (χ3v) is 3.80. The third-order valence-electron chi connectivity index (χ3n) is 3.80. The van der Waals surface area contributed by atoms with Gasteiger partial charge in [0.2, 0.25) is 5.89 Å². The van der Waals surface area contributed by atoms with Crippen molar-refractivity contribution in [2.75, 3.05) is 0 Å². The van der Waals surface area contributed by atoms with Crippen molar-refractivity contribution in [3.05, 3.63) is 24.9 Å². The fourth-order valence-corrected chi connectivity index (χ4v) is 1.89. The second-order valence-electron chi connectivity index (χ2n) is 5.76. The topological polar surface area (TPSA) is 70.3 Å². The molecule has 0 radical (unpaired) electrons. The molecule has 0 unspecified atom stereocenters. The molecule has 0 saturated carbocycles. The molecule has 0 atom stereocenters. The van der Waals surface area contributed by atoms with Gasteiger partial charge in [-0.05, 0) is 27.7 Å². The zero-order chi connectivity index (χ0) is 14.4. The zero-order valence-electron chi connectivity index (χ0n) is 12.0. The Bertz CT molecular complexity index is 596. The molecule has 3 heterocycles. The summed E-state index contributed by atoms with van der Waals surface area (Å²) in [5.74, 6) is 0.405. The van der Waals surface area contributed by atoms with Crippen LogP contribution in [0.25, 0.3) is 11.6 Å². The lowest BCUT2D eigenvalue weighted by Gasteiger charge is -2.32. The standard InChI is InChI=1S/C13H16BN3O3/c1-12(2)13(3,4)20-14(19-12)10-8-18-11(17-10)9-7-15-5-6-16-9/h5-8H,1-4H3. The van der Waals surface area contributed by atoms with E-state index in [1.54, 1.807) is 18.6 Å². The summed E-state index contributed by atoms with van der Waals surface area (Å²) in [5.41, 5.74) is 0.381. The molecule has 20 heavy (non-hydrogen) atoms. The molecule has 104 valence electrons. The molecular formula is C13H16BN3O3. The first kappa shape index (κ1) is 13.3. The molecule has 1 fully saturated rings. The molecule has 1 aliphatic rings. The molecule has 0 amide bonds. The van der Waals surface area contributed by atoms with E-state index in [0.717, 1.165) is 0 Å². The van der Waals surface area contributed by atoms with E-state index in [1.165, 1.54) is 6.26 Å². The van der Waals surface area contributed by atoms with Gasteiger partial charge < -0.3 is 13.7 Å². The van der Waals surface area contributed by atoms with Crippen LogP contribution < -0.4 is 5.59 Å². The zero-order valence-corrected chi connectivity index (χ0v) is 12.0. The maximum Gasteiger partial charge on any atom is 0.517 e. The Morgan fingerprint density at radius 3 is 2.35 bits per heavy atom. The fourth-order valence-electron chi connectivity index (χ4n) is 1.89. The van der Waals surface area contributed by atoms with E-state index in [4.69, 9.17) is 13.7 Å². The summed E-state index contributed by atoms with van der Waals surface area (Å²) in [6, 6.07) is 0. The molecule has 7 heteroatoms. The molecule has 0 aliphatic carbocycles. The fraction of sp³-hybridized carbons (Fsp3) is 0.462. The van der Waals surface area contributed by atoms with Crippen molar-refractivity contribution in [2.24, 2.45) is 0 Å². The van der Waals surface area contributed by atoms with Crippen molar-refractivity contribution >= 4 is 12.7 Å². The van der Waals surface area contributed by atoms with Crippen LogP contribution in [-0.4, -0.2) is 33.3 Å². The number of aromatic nitrogens is 3. The van der Waals surface area contributed by atoms with Gasteiger partial charge in [0.1, 0.15) is 17.6 Å². The van der Waals surface area contributed by atoms with Crippen LogP contribution in [0.3, 0.4) is 0 Å². The van der Waals surface area contributed by atoms with Crippen molar-refractivity contribution < 1.29 is 13.7 Å². The molecule has 2 aromatic rings. The first-order valence-corrected chi connectivity index (χ1v) is 6.46. The van der Waals surface area contributed by atoms with Crippen LogP contribution in [0.15, 0.2) is 29.3 Å². The van der Waals surface area contributed by atoms with Gasteiger partial charge in [0.25, 0.3) is 0 Å². The lowest BCUT2D eigenvalue weighted by atomic mass is 9.86. The normalized spacial score (nSPS) is 20.3. The van der Waals surface area contributed by atoms with Gasteiger partial charge in [-0.25, -0.2) is 9.97 Å². The van der Waals surface area contributed by atoms with Crippen LogP contribution >= 0.6 is 0 Å². The van der Waals surface area contributed by atoms with E-state index in [2.05, 4.69) is 15.0 Å². The molecule has 3 rings (SSSR count). The molecule has 1 aliphatic heterocycles. The van der Waals surface area contributed by atoms with Crippen LogP contribution in [0.1, 0.15) is 27.7 Å². The van der Waals surface area contributed by atoms with Gasteiger partial charge >= 0.3 is 7.12 Å². The maximum absolute atomic E-state index is 5.92. The summed E-state index contributed by atoms with van der Waals surface area (Å²) >= 11 is 0. The molecule has 2 aromatic heterocycles. The van der Waals surface area contributed by atoms with Crippen molar-refractivity contribution in [3.8, 4) is 11.6 Å². The summed E-state index contributed by atoms with van der Waals surface area (Å²) in [6.07, 6.45) is 6.32. The minimum Gasteiger partial charge on any atom is -0.444 e. The van der Waals surface area contributed by atoms with Crippen LogP contribution in [0.2, 0.25) is 0 Å². The van der Waals surface area contributed by atoms with Gasteiger partial charge in [-0.15, -0.1) is 0 Å². The van der Waals surface area contributed by atoms with Gasteiger partial charge in [0.05, 0.1) is 17.4 Å². The summed E-state index contributed by atoms with van der Waals surface area (Å²) in [7, 11) is -0.533. The minimum absolute atomic E-state index is 0.399. The van der Waals surface area contributed by atoms with Gasteiger partial charge in [0.15, 0.2) is 0 Å². The van der Waals surface area contributed by atoms with E-state index < -0.39 is 18.3 Å². The minimum atomic E-state index is -0.533. The highest BCUT2D eigenvalue weighted by Gasteiger charge is 2.52. The number of oxazole rings is 1. The first-order valence-electron chi connectivity index (χ1n) is 6.46. The Kier molecular flexibility index (Phi) is 2.91. The molecule has 6 nitrogen and oxygen atoms in total. The van der Waals surface area contributed by atoms with Gasteiger partial charge in [-0.2, -0.15) is 0 Å². The van der Waals surface area contributed by atoms with Crippen LogP contribution in [0.4, 0.5) is 0 Å². The summed E-state index contributed by atoms with van der Waals surface area (Å²) in [6.45, 7) is 7.99. The van der Waals surface area contributed by atoms with Gasteiger partial charge in [0, 0.05) is 12.4 Å². The van der Waals surface area contributed by atoms with Crippen LogP contribution in [-0.2, 0) is 9.31 Å². The lowest BCUT2D eigenvalue weighted by molar-refractivity contribution is 0.00578. The molecule has 1 saturated heterocycles. The average Bonchev–Trinajstić information content (AvgIpc) is 2.94. The molecule has 0 N–H and O–H groups in total. The van der Waals surface area contributed by atoms with Crippen molar-refractivity contribution in [2.45, 2.75) is 38.9 Å². The number of hydrogen-bond donors (Lipinski definition) is 0. The predicted molar refractivity (Wildman–Crippen MR) is 73.2 cm³/mol. The van der Waals surface area contributed by atoms with E-state index in [9.17, 15) is 0 Å². The number of rotatable bonds is 2. The van der Waals surface area contributed by atoms with E-state index in [1.807, 2.05) is 27.7 Å². The van der Waals surface area contributed by atoms with Crippen molar-refractivity contribution in [1.29, 1.82) is 0 Å². The Labute approximate surface area is 117 Å². The summed E-state index contributed by atoms with van der Waals surface area (Å²) in [4.78, 5) is 12.5. The Morgan fingerprint density at radius 2 is 1.75 bits per heavy atom. The molecule has 0 bridgehead atoms. The monoisotopic (exact) mass is 273 g/mol. The number of nitrogens with zero attached hydrogens (tertiary/aromatic N) is 3. The first-order chi connectivity index (χ1) is 9.39. The van der Waals surface area contributed by atoms with Crippen LogP contribution in [0.5, 0.6) is 0 Å². The maximum atomic E-state index is 5.92. The Hall–Kier alpha value is -1.73. The van der Waals surface area contributed by atoms with E-state index >= 15 is 0 Å². The van der Waals surface area contributed by atoms with E-state index in [0.29, 0.717) is 17.2 Å². The van der Waals surface area contributed by atoms with Crippen LogP contribution in [0, 0.1) is 0 Å². The van der Waals surface area contributed by atoms with Crippen molar-refractivity contribution in [1.82, 2.24) is 15.0 Å². The lowest BCUT2D eigenvalue weighted by Crippen LogP contribution is -2.41. The Morgan fingerprint density at radius 1 is 1.05 bits per heavy atom. The van der Waals surface area contributed by atoms with E-state index in [-0.39, 0.29) is 0 Å². The number of hydrogen-bond acceptors (Lipinski definition) is 6. The van der Waals surface area contributed by atoms with Crippen molar-refractivity contribution in [3.63, 3.8) is 0 Å². The second-order valence-corrected chi connectivity index (χ2v) is 5.76. The SMILES string of the molecule is CC1(C)OB(c2coc(-c3cnccn3)n2)OC1(C)C. The Balaban J connectivity index is 1.86. The highest BCUT2D eigenvalue weighted by atomic mass is 16.7. The predicted octanol–water partition coefficient (Wildman–Crippen LogP) is 1.43. The molecule has 0 aromatic carbocycles. The summed E-state index contributed by atoms with van der Waals surface area (Å²) < 4.78 is 17.3. The van der Waals surface area contributed by atoms with Gasteiger partial charge in [-0.3, -0.25) is 4.98 Å².